The fourth-order valence-electron chi connectivity index (χ4n) is 1.53. The number of hydrogen-bond donors (Lipinski definition) is 2. The number of aliphatic imine (C=N–C) groups is 1. The number of nitrogens with one attached hydrogen (secondary N) is 1. The van der Waals surface area contributed by atoms with E-state index in [9.17, 15) is 0 Å². The molecule has 0 spiro atoms. The normalized spacial score (nSPS) is 11.4. The van der Waals surface area contributed by atoms with Gasteiger partial charge in [-0.1, -0.05) is 51.8 Å². The summed E-state index contributed by atoms with van der Waals surface area (Å²) < 4.78 is 0.945. The molecule has 3 N–H and O–H groups in total. The van der Waals surface area contributed by atoms with E-state index in [0.717, 1.165) is 15.7 Å². The molecule has 98 valence electrons. The predicted octanol–water partition coefficient (Wildman–Crippen LogP) is 4.03. The number of para-hydroxylation sites is 1. The molecule has 0 amide bonds. The van der Waals surface area contributed by atoms with Crippen molar-refractivity contribution in [1.29, 1.82) is 0 Å². The zero-order valence-electron chi connectivity index (χ0n) is 10.1. The third-order valence-electron chi connectivity index (χ3n) is 2.48. The molecule has 0 saturated carbocycles. The minimum absolute atomic E-state index is 0.366. The Bertz CT molecular complexity index is 584. The molecule has 0 aliphatic heterocycles. The van der Waals surface area contributed by atoms with E-state index in [1.165, 1.54) is 0 Å². The SMILES string of the molecule is NC(=NCc1ccc(Br)cc1Cl)Nc1ccccc1. The quantitative estimate of drug-likeness (QED) is 0.656. The van der Waals surface area contributed by atoms with Crippen molar-refractivity contribution >= 4 is 39.2 Å². The topological polar surface area (TPSA) is 50.4 Å². The average Bonchev–Trinajstić information content (AvgIpc) is 2.39. The van der Waals surface area contributed by atoms with E-state index >= 15 is 0 Å². The van der Waals surface area contributed by atoms with Crippen LogP contribution in [0.3, 0.4) is 0 Å². The first-order valence-electron chi connectivity index (χ1n) is 5.71. The largest absolute Gasteiger partial charge is 0.370 e. The lowest BCUT2D eigenvalue weighted by atomic mass is 10.2. The number of nitrogens with zero attached hydrogens (tertiary/aromatic N) is 1. The maximum absolute atomic E-state index is 6.11. The molecule has 0 aliphatic rings. The van der Waals surface area contributed by atoms with Crippen LogP contribution in [0, 0.1) is 0 Å². The van der Waals surface area contributed by atoms with Crippen molar-refractivity contribution < 1.29 is 0 Å². The second-order valence-electron chi connectivity index (χ2n) is 3.93. The fraction of sp³-hybridized carbons (Fsp3) is 0.0714. The molecular formula is C14H13BrClN3. The number of anilines is 1. The Morgan fingerprint density at radius 3 is 2.63 bits per heavy atom. The van der Waals surface area contributed by atoms with Crippen LogP contribution in [0.15, 0.2) is 58.0 Å². The summed E-state index contributed by atoms with van der Waals surface area (Å²) in [5.41, 5.74) is 7.66. The number of benzene rings is 2. The second-order valence-corrected chi connectivity index (χ2v) is 5.25. The highest BCUT2D eigenvalue weighted by Crippen LogP contribution is 2.21. The van der Waals surface area contributed by atoms with Crippen LogP contribution in [0.25, 0.3) is 0 Å². The second kappa shape index (κ2) is 6.59. The standard InChI is InChI=1S/C14H13BrClN3/c15-11-7-6-10(13(16)8-11)9-18-14(17)19-12-4-2-1-3-5-12/h1-8H,9H2,(H3,17,18,19). The molecule has 0 atom stereocenters. The Morgan fingerprint density at radius 1 is 1.21 bits per heavy atom. The van der Waals surface area contributed by atoms with E-state index in [1.54, 1.807) is 0 Å². The molecule has 3 nitrogen and oxygen atoms in total. The molecule has 2 rings (SSSR count). The van der Waals surface area contributed by atoms with Gasteiger partial charge in [0.05, 0.1) is 6.54 Å². The molecule has 0 radical (unpaired) electrons. The third-order valence-corrected chi connectivity index (χ3v) is 3.33. The summed E-state index contributed by atoms with van der Waals surface area (Å²) in [6.45, 7) is 0.442. The van der Waals surface area contributed by atoms with Crippen molar-refractivity contribution in [2.75, 3.05) is 5.32 Å². The summed E-state index contributed by atoms with van der Waals surface area (Å²) in [7, 11) is 0. The molecule has 5 heteroatoms. The highest BCUT2D eigenvalue weighted by atomic mass is 79.9. The monoisotopic (exact) mass is 337 g/mol. The summed E-state index contributed by atoms with van der Waals surface area (Å²) in [4.78, 5) is 4.26. The summed E-state index contributed by atoms with van der Waals surface area (Å²) >= 11 is 9.48. The van der Waals surface area contributed by atoms with Crippen LogP contribution in [-0.4, -0.2) is 5.96 Å². The van der Waals surface area contributed by atoms with Gasteiger partial charge >= 0.3 is 0 Å². The van der Waals surface area contributed by atoms with E-state index in [0.29, 0.717) is 17.5 Å². The van der Waals surface area contributed by atoms with Crippen molar-refractivity contribution in [2.45, 2.75) is 6.54 Å². The summed E-state index contributed by atoms with van der Waals surface area (Å²) in [5.74, 6) is 0.366. The minimum Gasteiger partial charge on any atom is -0.370 e. The maximum atomic E-state index is 6.11. The van der Waals surface area contributed by atoms with E-state index in [1.807, 2.05) is 48.5 Å². The first kappa shape index (κ1) is 13.9. The van der Waals surface area contributed by atoms with E-state index in [2.05, 4.69) is 26.2 Å². The van der Waals surface area contributed by atoms with Crippen molar-refractivity contribution in [3.8, 4) is 0 Å². The summed E-state index contributed by atoms with van der Waals surface area (Å²) in [6.07, 6.45) is 0. The molecule has 0 fully saturated rings. The van der Waals surface area contributed by atoms with Crippen molar-refractivity contribution in [3.63, 3.8) is 0 Å². The van der Waals surface area contributed by atoms with Gasteiger partial charge in [0.15, 0.2) is 5.96 Å². The molecule has 0 heterocycles. The van der Waals surface area contributed by atoms with Crippen LogP contribution in [0.4, 0.5) is 5.69 Å². The van der Waals surface area contributed by atoms with Gasteiger partial charge in [0.2, 0.25) is 0 Å². The minimum atomic E-state index is 0.366. The van der Waals surface area contributed by atoms with Gasteiger partial charge in [-0.3, -0.25) is 0 Å². The molecule has 0 aliphatic carbocycles. The highest BCUT2D eigenvalue weighted by Gasteiger charge is 2.00. The van der Waals surface area contributed by atoms with Crippen molar-refractivity contribution in [2.24, 2.45) is 10.7 Å². The van der Waals surface area contributed by atoms with Crippen LogP contribution < -0.4 is 11.1 Å². The number of nitrogens with two attached hydrogens (primary N) is 1. The summed E-state index contributed by atoms with van der Waals surface area (Å²) in [5, 5.41) is 3.69. The van der Waals surface area contributed by atoms with Crippen molar-refractivity contribution in [3.05, 3.63) is 63.6 Å². The Labute approximate surface area is 125 Å². The molecule has 0 aromatic heterocycles. The zero-order valence-corrected chi connectivity index (χ0v) is 12.4. The van der Waals surface area contributed by atoms with Crippen LogP contribution in [0.2, 0.25) is 5.02 Å². The lowest BCUT2D eigenvalue weighted by Crippen LogP contribution is -2.22. The van der Waals surface area contributed by atoms with Crippen LogP contribution in [0.1, 0.15) is 5.56 Å². The number of hydrogen-bond acceptors (Lipinski definition) is 1. The zero-order chi connectivity index (χ0) is 13.7. The Kier molecular flexibility index (Phi) is 4.82. The maximum Gasteiger partial charge on any atom is 0.193 e. The molecule has 0 bridgehead atoms. The Balaban J connectivity index is 2.02. The lowest BCUT2D eigenvalue weighted by Gasteiger charge is -2.06. The van der Waals surface area contributed by atoms with Gasteiger partial charge < -0.3 is 11.1 Å². The van der Waals surface area contributed by atoms with Gasteiger partial charge in [-0.15, -0.1) is 0 Å². The summed E-state index contributed by atoms with van der Waals surface area (Å²) in [6, 6.07) is 15.4. The van der Waals surface area contributed by atoms with Crippen LogP contribution in [-0.2, 0) is 6.54 Å². The highest BCUT2D eigenvalue weighted by molar-refractivity contribution is 9.10. The fourth-order valence-corrected chi connectivity index (χ4v) is 2.26. The van der Waals surface area contributed by atoms with Gasteiger partial charge in [0.25, 0.3) is 0 Å². The predicted molar refractivity (Wildman–Crippen MR) is 84.5 cm³/mol. The molecule has 19 heavy (non-hydrogen) atoms. The van der Waals surface area contributed by atoms with E-state index < -0.39 is 0 Å². The molecule has 2 aromatic rings. The van der Waals surface area contributed by atoms with Gasteiger partial charge in [-0.2, -0.15) is 0 Å². The van der Waals surface area contributed by atoms with Crippen LogP contribution >= 0.6 is 27.5 Å². The van der Waals surface area contributed by atoms with Crippen molar-refractivity contribution in [1.82, 2.24) is 0 Å². The molecular weight excluding hydrogens is 326 g/mol. The first-order chi connectivity index (χ1) is 9.15. The molecule has 0 saturated heterocycles. The van der Waals surface area contributed by atoms with Crippen LogP contribution in [0.5, 0.6) is 0 Å². The number of rotatable bonds is 3. The smallest absolute Gasteiger partial charge is 0.193 e. The Morgan fingerprint density at radius 2 is 1.95 bits per heavy atom. The molecule has 2 aromatic carbocycles. The van der Waals surface area contributed by atoms with Gasteiger partial charge in [0.1, 0.15) is 0 Å². The lowest BCUT2D eigenvalue weighted by molar-refractivity contribution is 1.06. The number of halogens is 2. The van der Waals surface area contributed by atoms with E-state index in [4.69, 9.17) is 17.3 Å². The molecule has 0 unspecified atom stereocenters. The van der Waals surface area contributed by atoms with Gasteiger partial charge in [0, 0.05) is 15.2 Å². The van der Waals surface area contributed by atoms with E-state index in [-0.39, 0.29) is 0 Å². The van der Waals surface area contributed by atoms with Gasteiger partial charge in [-0.05, 0) is 29.8 Å². The first-order valence-corrected chi connectivity index (χ1v) is 6.88. The number of guanidine groups is 1. The average molecular weight is 339 g/mol. The van der Waals surface area contributed by atoms with Gasteiger partial charge in [-0.25, -0.2) is 4.99 Å². The third kappa shape index (κ3) is 4.26. The Hall–Kier alpha value is -1.52.